The summed E-state index contributed by atoms with van der Waals surface area (Å²) in [6.45, 7) is 3.59. The Hall–Kier alpha value is -1.40. The molecule has 0 fully saturated rings. The molecule has 1 unspecified atom stereocenters. The number of benzene rings is 1. The van der Waals surface area contributed by atoms with E-state index in [0.29, 0.717) is 10.9 Å². The number of hydrogen-bond donors (Lipinski definition) is 1. The highest BCUT2D eigenvalue weighted by molar-refractivity contribution is 9.10. The minimum atomic E-state index is -0.595. The van der Waals surface area contributed by atoms with E-state index in [0.717, 1.165) is 10.2 Å². The van der Waals surface area contributed by atoms with E-state index < -0.39 is 6.10 Å². The molecule has 4 nitrogen and oxygen atoms in total. The molecule has 1 aromatic heterocycles. The number of carbonyl (C=O) groups excluding carboxylic acids is 1. The zero-order valence-electron chi connectivity index (χ0n) is 10.5. The molecule has 0 bridgehead atoms. The van der Waals surface area contributed by atoms with Gasteiger partial charge >= 0.3 is 0 Å². The Morgan fingerprint density at radius 1 is 1.47 bits per heavy atom. The Bertz CT molecular complexity index is 586. The summed E-state index contributed by atoms with van der Waals surface area (Å²) in [5.74, 6) is 0.422. The van der Waals surface area contributed by atoms with Gasteiger partial charge in [-0.3, -0.25) is 10.1 Å². The van der Waals surface area contributed by atoms with Crippen LogP contribution in [0.2, 0.25) is 0 Å². The second-order valence-corrected chi connectivity index (χ2v) is 5.69. The van der Waals surface area contributed by atoms with Gasteiger partial charge in [0, 0.05) is 5.38 Å². The molecule has 1 atom stereocenters. The van der Waals surface area contributed by atoms with Gasteiger partial charge in [-0.05, 0) is 41.9 Å². The van der Waals surface area contributed by atoms with Crippen LogP contribution in [0.25, 0.3) is 0 Å². The van der Waals surface area contributed by atoms with Crippen LogP contribution < -0.4 is 10.1 Å². The average molecular weight is 341 g/mol. The predicted octanol–water partition coefficient (Wildman–Crippen LogP) is 3.62. The van der Waals surface area contributed by atoms with Crippen molar-refractivity contribution in [3.8, 4) is 5.75 Å². The minimum absolute atomic E-state index is 0.217. The number of aromatic nitrogens is 1. The molecule has 0 aliphatic carbocycles. The third-order valence-corrected chi connectivity index (χ3v) is 3.89. The number of thiazole rings is 1. The van der Waals surface area contributed by atoms with Crippen LogP contribution in [0, 0.1) is 6.92 Å². The molecule has 0 spiro atoms. The fourth-order valence-electron chi connectivity index (χ4n) is 1.40. The quantitative estimate of drug-likeness (QED) is 0.924. The second kappa shape index (κ2) is 6.16. The van der Waals surface area contributed by atoms with E-state index in [9.17, 15) is 4.79 Å². The maximum atomic E-state index is 12.0. The normalized spacial score (nSPS) is 11.9. The molecular weight excluding hydrogens is 328 g/mol. The molecule has 1 heterocycles. The Morgan fingerprint density at radius 3 is 2.84 bits per heavy atom. The first kappa shape index (κ1) is 14.0. The Labute approximate surface area is 124 Å². The van der Waals surface area contributed by atoms with Crippen molar-refractivity contribution in [3.63, 3.8) is 0 Å². The molecule has 2 aromatic rings. The lowest BCUT2D eigenvalue weighted by atomic mass is 10.3. The largest absolute Gasteiger partial charge is 0.480 e. The van der Waals surface area contributed by atoms with E-state index in [1.54, 1.807) is 13.0 Å². The van der Waals surface area contributed by atoms with Gasteiger partial charge in [0.1, 0.15) is 5.75 Å². The maximum absolute atomic E-state index is 12.0. The van der Waals surface area contributed by atoms with E-state index in [4.69, 9.17) is 4.74 Å². The van der Waals surface area contributed by atoms with Gasteiger partial charge in [-0.1, -0.05) is 12.1 Å². The summed E-state index contributed by atoms with van der Waals surface area (Å²) in [5.41, 5.74) is 0.889. The molecule has 0 aliphatic rings. The van der Waals surface area contributed by atoms with Crippen LogP contribution in [-0.4, -0.2) is 17.0 Å². The van der Waals surface area contributed by atoms with Crippen molar-refractivity contribution in [1.29, 1.82) is 0 Å². The average Bonchev–Trinajstić information content (AvgIpc) is 2.77. The number of nitrogens with one attached hydrogen (secondary N) is 1. The Balaban J connectivity index is 1.98. The van der Waals surface area contributed by atoms with Crippen molar-refractivity contribution in [3.05, 3.63) is 39.8 Å². The van der Waals surface area contributed by atoms with Gasteiger partial charge in [-0.25, -0.2) is 4.98 Å². The molecular formula is C13H13BrN2O2S. The Kier molecular flexibility index (Phi) is 4.55. The lowest BCUT2D eigenvalue weighted by Gasteiger charge is -2.14. The molecule has 19 heavy (non-hydrogen) atoms. The molecule has 0 radical (unpaired) electrons. The molecule has 2 rings (SSSR count). The van der Waals surface area contributed by atoms with Crippen LogP contribution in [0.4, 0.5) is 5.13 Å². The standard InChI is InChI=1S/C13H13BrN2O2S/c1-8-7-19-13(15-8)16-12(17)9(2)18-11-6-4-3-5-10(11)14/h3-7,9H,1-2H3,(H,15,16,17). The van der Waals surface area contributed by atoms with E-state index in [1.165, 1.54) is 11.3 Å². The fourth-order valence-corrected chi connectivity index (χ4v) is 2.47. The second-order valence-electron chi connectivity index (χ2n) is 3.97. The van der Waals surface area contributed by atoms with Gasteiger partial charge in [0.25, 0.3) is 5.91 Å². The van der Waals surface area contributed by atoms with E-state index >= 15 is 0 Å². The van der Waals surface area contributed by atoms with E-state index in [2.05, 4.69) is 26.2 Å². The third-order valence-electron chi connectivity index (χ3n) is 2.36. The van der Waals surface area contributed by atoms with Crippen LogP contribution in [0.5, 0.6) is 5.75 Å². The molecule has 1 aromatic carbocycles. The molecule has 0 aliphatic heterocycles. The van der Waals surface area contributed by atoms with Gasteiger partial charge in [0.05, 0.1) is 10.2 Å². The van der Waals surface area contributed by atoms with Gasteiger partial charge in [0.15, 0.2) is 11.2 Å². The van der Waals surface area contributed by atoms with Crippen LogP contribution in [0.1, 0.15) is 12.6 Å². The topological polar surface area (TPSA) is 51.2 Å². The number of nitrogens with zero attached hydrogens (tertiary/aromatic N) is 1. The molecule has 0 saturated heterocycles. The summed E-state index contributed by atoms with van der Waals surface area (Å²) in [4.78, 5) is 16.1. The van der Waals surface area contributed by atoms with Crippen molar-refractivity contribution in [2.24, 2.45) is 0 Å². The van der Waals surface area contributed by atoms with Gasteiger partial charge in [-0.2, -0.15) is 0 Å². The van der Waals surface area contributed by atoms with Crippen LogP contribution >= 0.6 is 27.3 Å². The number of ether oxygens (including phenoxy) is 1. The van der Waals surface area contributed by atoms with Gasteiger partial charge in [0.2, 0.25) is 0 Å². The monoisotopic (exact) mass is 340 g/mol. The number of aryl methyl sites for hydroxylation is 1. The highest BCUT2D eigenvalue weighted by Crippen LogP contribution is 2.25. The van der Waals surface area contributed by atoms with Crippen molar-refractivity contribution >= 4 is 38.3 Å². The fraction of sp³-hybridized carbons (Fsp3) is 0.231. The van der Waals surface area contributed by atoms with Crippen molar-refractivity contribution in [2.45, 2.75) is 20.0 Å². The number of halogens is 1. The lowest BCUT2D eigenvalue weighted by Crippen LogP contribution is -2.30. The van der Waals surface area contributed by atoms with Crippen LogP contribution in [0.3, 0.4) is 0 Å². The maximum Gasteiger partial charge on any atom is 0.266 e. The van der Waals surface area contributed by atoms with Crippen molar-refractivity contribution in [1.82, 2.24) is 4.98 Å². The minimum Gasteiger partial charge on any atom is -0.480 e. The highest BCUT2D eigenvalue weighted by Gasteiger charge is 2.17. The SMILES string of the molecule is Cc1csc(NC(=O)C(C)Oc2ccccc2Br)n1. The highest BCUT2D eigenvalue weighted by atomic mass is 79.9. The van der Waals surface area contributed by atoms with E-state index in [1.807, 2.05) is 30.5 Å². The number of para-hydroxylation sites is 1. The summed E-state index contributed by atoms with van der Waals surface area (Å²) in [7, 11) is 0. The number of anilines is 1. The van der Waals surface area contributed by atoms with Crippen molar-refractivity contribution in [2.75, 3.05) is 5.32 Å². The zero-order valence-corrected chi connectivity index (χ0v) is 12.9. The van der Waals surface area contributed by atoms with Gasteiger partial charge < -0.3 is 4.74 Å². The lowest BCUT2D eigenvalue weighted by molar-refractivity contribution is -0.122. The smallest absolute Gasteiger partial charge is 0.266 e. The van der Waals surface area contributed by atoms with Crippen LogP contribution in [0.15, 0.2) is 34.1 Å². The number of hydrogen-bond acceptors (Lipinski definition) is 4. The first-order chi connectivity index (χ1) is 9.06. The first-order valence-electron chi connectivity index (χ1n) is 5.70. The number of amides is 1. The predicted molar refractivity (Wildman–Crippen MR) is 79.7 cm³/mol. The summed E-state index contributed by atoms with van der Waals surface area (Å²) < 4.78 is 6.42. The van der Waals surface area contributed by atoms with Crippen molar-refractivity contribution < 1.29 is 9.53 Å². The van der Waals surface area contributed by atoms with Gasteiger partial charge in [-0.15, -0.1) is 11.3 Å². The molecule has 1 amide bonds. The summed E-state index contributed by atoms with van der Waals surface area (Å²) in [6, 6.07) is 7.42. The zero-order chi connectivity index (χ0) is 13.8. The van der Waals surface area contributed by atoms with Crippen LogP contribution in [-0.2, 0) is 4.79 Å². The number of rotatable bonds is 4. The summed E-state index contributed by atoms with van der Waals surface area (Å²) in [6.07, 6.45) is -0.595. The summed E-state index contributed by atoms with van der Waals surface area (Å²) in [5, 5.41) is 5.20. The number of carbonyl (C=O) groups is 1. The molecule has 100 valence electrons. The Morgan fingerprint density at radius 2 is 2.21 bits per heavy atom. The molecule has 1 N–H and O–H groups in total. The summed E-state index contributed by atoms with van der Waals surface area (Å²) >= 11 is 4.77. The van der Waals surface area contributed by atoms with E-state index in [-0.39, 0.29) is 5.91 Å². The first-order valence-corrected chi connectivity index (χ1v) is 7.37. The molecule has 0 saturated carbocycles. The molecule has 6 heteroatoms. The third kappa shape index (κ3) is 3.78.